The van der Waals surface area contributed by atoms with E-state index in [0.717, 1.165) is 30.2 Å². The lowest BCUT2D eigenvalue weighted by molar-refractivity contribution is 0.423. The molecule has 0 aliphatic heterocycles. The van der Waals surface area contributed by atoms with Crippen LogP contribution >= 0.6 is 0 Å². The minimum absolute atomic E-state index is 0.295. The third-order valence-electron chi connectivity index (χ3n) is 3.46. The Morgan fingerprint density at radius 2 is 2.20 bits per heavy atom. The van der Waals surface area contributed by atoms with E-state index < -0.39 is 0 Å². The fraction of sp³-hybridized carbons (Fsp3) is 0.667. The van der Waals surface area contributed by atoms with Crippen LogP contribution < -0.4 is 5.73 Å². The van der Waals surface area contributed by atoms with Crippen molar-refractivity contribution in [2.45, 2.75) is 53.0 Å². The van der Waals surface area contributed by atoms with E-state index in [4.69, 9.17) is 5.73 Å². The highest BCUT2D eigenvalue weighted by atomic mass is 15.3. The maximum Gasteiger partial charge on any atom is 0.215 e. The molecular weight excluding hydrogens is 250 g/mol. The maximum absolute atomic E-state index is 5.60. The second-order valence-electron chi connectivity index (χ2n) is 5.31. The molecule has 2 N–H and O–H groups in total. The number of aryl methyl sites for hydroxylation is 1. The minimum atomic E-state index is 0.295. The fourth-order valence-electron chi connectivity index (χ4n) is 2.01. The van der Waals surface area contributed by atoms with Crippen molar-refractivity contribution in [3.63, 3.8) is 0 Å². The Kier molecular flexibility index (Phi) is 6.98. The Labute approximate surface area is 122 Å². The van der Waals surface area contributed by atoms with Crippen LogP contribution in [-0.4, -0.2) is 28.5 Å². The van der Waals surface area contributed by atoms with Crippen molar-refractivity contribution in [1.29, 1.82) is 0 Å². The smallest absolute Gasteiger partial charge is 0.215 e. The van der Waals surface area contributed by atoms with Gasteiger partial charge in [-0.25, -0.2) is 4.99 Å². The summed E-state index contributed by atoms with van der Waals surface area (Å²) in [6.45, 7) is 7.42. The first kappa shape index (κ1) is 16.4. The number of aliphatic imine (C=N–C) groups is 2. The lowest BCUT2D eigenvalue weighted by atomic mass is 10.0. The van der Waals surface area contributed by atoms with Crippen molar-refractivity contribution in [1.82, 2.24) is 9.78 Å². The molecule has 0 saturated heterocycles. The highest BCUT2D eigenvalue weighted by molar-refractivity contribution is 6.05. The summed E-state index contributed by atoms with van der Waals surface area (Å²) in [5, 5.41) is 4.38. The lowest BCUT2D eigenvalue weighted by Gasteiger charge is -2.10. The first-order chi connectivity index (χ1) is 9.56. The Hall–Kier alpha value is -1.65. The Morgan fingerprint density at radius 1 is 1.45 bits per heavy atom. The predicted octanol–water partition coefficient (Wildman–Crippen LogP) is 2.85. The van der Waals surface area contributed by atoms with Crippen LogP contribution in [0.1, 0.15) is 52.0 Å². The quantitative estimate of drug-likeness (QED) is 0.615. The lowest BCUT2D eigenvalue weighted by Crippen LogP contribution is -2.10. The highest BCUT2D eigenvalue weighted by Gasteiger charge is 2.05. The molecule has 112 valence electrons. The molecule has 0 radical (unpaired) electrons. The van der Waals surface area contributed by atoms with Crippen LogP contribution in [0.4, 0.5) is 0 Å². The number of hydrogen-bond donors (Lipinski definition) is 1. The van der Waals surface area contributed by atoms with Gasteiger partial charge in [0.15, 0.2) is 0 Å². The molecule has 1 unspecified atom stereocenters. The molecule has 1 heterocycles. The summed E-state index contributed by atoms with van der Waals surface area (Å²) in [4.78, 5) is 8.03. The third kappa shape index (κ3) is 5.55. The average Bonchev–Trinajstić information content (AvgIpc) is 2.91. The molecule has 1 rings (SSSR count). The Balaban J connectivity index is 2.53. The molecule has 0 amide bonds. The molecule has 0 spiro atoms. The number of rotatable bonds is 7. The normalized spacial score (nSPS) is 14.6. The number of aromatic nitrogens is 2. The van der Waals surface area contributed by atoms with Gasteiger partial charge in [0.25, 0.3) is 0 Å². The van der Waals surface area contributed by atoms with Gasteiger partial charge in [-0.3, -0.25) is 9.67 Å². The average molecular weight is 277 g/mol. The summed E-state index contributed by atoms with van der Waals surface area (Å²) in [5.41, 5.74) is 7.44. The fourth-order valence-corrected chi connectivity index (χ4v) is 2.01. The van der Waals surface area contributed by atoms with E-state index in [-0.39, 0.29) is 0 Å². The largest absolute Gasteiger partial charge is 0.368 e. The Bertz CT molecular complexity index is 459. The first-order valence-corrected chi connectivity index (χ1v) is 7.37. The summed E-state index contributed by atoms with van der Waals surface area (Å²) in [5.74, 6) is 1.05. The molecule has 0 aliphatic carbocycles. The molecule has 0 saturated carbocycles. The number of hydrogen-bond acceptors (Lipinski definition) is 2. The molecule has 0 aromatic carbocycles. The molecule has 5 heteroatoms. The van der Waals surface area contributed by atoms with E-state index in [9.17, 15) is 0 Å². The summed E-state index contributed by atoms with van der Waals surface area (Å²) in [6.07, 6.45) is 8.90. The topological polar surface area (TPSA) is 68.6 Å². The molecule has 20 heavy (non-hydrogen) atoms. The summed E-state index contributed by atoms with van der Waals surface area (Å²) in [6, 6.07) is 0. The standard InChI is InChI=1S/C15H27N5/c1-5-6-7-12(2)8-9-20-11-14(10-18-20)13(3)19-15(16)17-4/h10-12H,5-9H2,1-4H3,(H2,16,17). The van der Waals surface area contributed by atoms with Gasteiger partial charge in [0.2, 0.25) is 5.96 Å². The highest BCUT2D eigenvalue weighted by Crippen LogP contribution is 2.13. The van der Waals surface area contributed by atoms with E-state index in [1.54, 1.807) is 7.05 Å². The minimum Gasteiger partial charge on any atom is -0.368 e. The van der Waals surface area contributed by atoms with Gasteiger partial charge in [-0.15, -0.1) is 0 Å². The van der Waals surface area contributed by atoms with Crippen molar-refractivity contribution in [2.24, 2.45) is 21.6 Å². The Morgan fingerprint density at radius 3 is 2.85 bits per heavy atom. The number of nitrogens with two attached hydrogens (primary N) is 1. The maximum atomic E-state index is 5.60. The monoisotopic (exact) mass is 277 g/mol. The van der Waals surface area contributed by atoms with Gasteiger partial charge < -0.3 is 5.73 Å². The van der Waals surface area contributed by atoms with Gasteiger partial charge in [-0.2, -0.15) is 5.10 Å². The van der Waals surface area contributed by atoms with Gasteiger partial charge in [0.05, 0.1) is 11.9 Å². The molecule has 1 aromatic heterocycles. The van der Waals surface area contributed by atoms with E-state index in [0.29, 0.717) is 5.96 Å². The molecule has 0 bridgehead atoms. The SMILES string of the molecule is CCCCC(C)CCn1cc(C(C)=NC(N)=NC)cn1. The van der Waals surface area contributed by atoms with Crippen LogP contribution in [0, 0.1) is 5.92 Å². The molecule has 1 atom stereocenters. The number of guanidine groups is 1. The van der Waals surface area contributed by atoms with E-state index in [1.165, 1.54) is 19.3 Å². The number of unbranched alkanes of at least 4 members (excludes halogenated alkanes) is 1. The zero-order chi connectivity index (χ0) is 15.0. The third-order valence-corrected chi connectivity index (χ3v) is 3.46. The second kappa shape index (κ2) is 8.51. The van der Waals surface area contributed by atoms with Crippen LogP contribution in [0.3, 0.4) is 0 Å². The summed E-state index contributed by atoms with van der Waals surface area (Å²) < 4.78 is 1.98. The summed E-state index contributed by atoms with van der Waals surface area (Å²) >= 11 is 0. The van der Waals surface area contributed by atoms with Crippen molar-refractivity contribution in [2.75, 3.05) is 7.05 Å². The van der Waals surface area contributed by atoms with Crippen molar-refractivity contribution in [3.8, 4) is 0 Å². The zero-order valence-corrected chi connectivity index (χ0v) is 13.1. The van der Waals surface area contributed by atoms with E-state index >= 15 is 0 Å². The van der Waals surface area contributed by atoms with Crippen molar-refractivity contribution in [3.05, 3.63) is 18.0 Å². The van der Waals surface area contributed by atoms with Gasteiger partial charge in [0, 0.05) is 25.4 Å². The van der Waals surface area contributed by atoms with E-state index in [1.807, 2.05) is 24.0 Å². The van der Waals surface area contributed by atoms with Crippen molar-refractivity contribution >= 4 is 11.7 Å². The van der Waals surface area contributed by atoms with Crippen molar-refractivity contribution < 1.29 is 0 Å². The van der Waals surface area contributed by atoms with Gasteiger partial charge >= 0.3 is 0 Å². The molecular formula is C15H27N5. The van der Waals surface area contributed by atoms with Crippen LogP contribution in [0.25, 0.3) is 0 Å². The zero-order valence-electron chi connectivity index (χ0n) is 13.1. The van der Waals surface area contributed by atoms with Crippen LogP contribution in [-0.2, 0) is 6.54 Å². The van der Waals surface area contributed by atoms with Crippen LogP contribution in [0.2, 0.25) is 0 Å². The molecule has 0 fully saturated rings. The first-order valence-electron chi connectivity index (χ1n) is 7.37. The molecule has 0 aliphatic rings. The van der Waals surface area contributed by atoms with Gasteiger partial charge in [0.1, 0.15) is 0 Å². The summed E-state index contributed by atoms with van der Waals surface area (Å²) in [7, 11) is 1.63. The van der Waals surface area contributed by atoms with Gasteiger partial charge in [-0.05, 0) is 19.3 Å². The molecule has 5 nitrogen and oxygen atoms in total. The number of nitrogens with zero attached hydrogens (tertiary/aromatic N) is 4. The van der Waals surface area contributed by atoms with Crippen LogP contribution in [0.15, 0.2) is 22.4 Å². The van der Waals surface area contributed by atoms with Gasteiger partial charge in [-0.1, -0.05) is 33.1 Å². The van der Waals surface area contributed by atoms with Crippen LogP contribution in [0.5, 0.6) is 0 Å². The van der Waals surface area contributed by atoms with E-state index in [2.05, 4.69) is 28.9 Å². The predicted molar refractivity (Wildman–Crippen MR) is 85.3 cm³/mol. The molecule has 1 aromatic rings. The second-order valence-corrected chi connectivity index (χ2v) is 5.31.